The van der Waals surface area contributed by atoms with Crippen molar-refractivity contribution in [2.45, 2.75) is 25.3 Å². The number of rotatable bonds is 4. The van der Waals surface area contributed by atoms with Gasteiger partial charge in [0.2, 0.25) is 0 Å². The van der Waals surface area contributed by atoms with Crippen LogP contribution in [0.1, 0.15) is 34.8 Å². The summed E-state index contributed by atoms with van der Waals surface area (Å²) in [5.74, 6) is -0.544. The van der Waals surface area contributed by atoms with E-state index in [1.165, 1.54) is 12.3 Å². The molecule has 3 heterocycles. The molecule has 0 aliphatic carbocycles. The molecule has 1 atom stereocenters. The minimum Gasteiger partial charge on any atom is -0.394 e. The molecule has 1 aliphatic rings. The van der Waals surface area contributed by atoms with E-state index in [0.717, 1.165) is 24.7 Å². The summed E-state index contributed by atoms with van der Waals surface area (Å²) in [4.78, 5) is 18.0. The van der Waals surface area contributed by atoms with Gasteiger partial charge in [-0.15, -0.1) is 0 Å². The second-order valence-corrected chi connectivity index (χ2v) is 5.71. The molecular formula is C16H19FN4O2. The number of hydrogen-bond donors (Lipinski definition) is 1. The van der Waals surface area contributed by atoms with Crippen molar-refractivity contribution in [1.29, 1.82) is 0 Å². The zero-order valence-corrected chi connectivity index (χ0v) is 12.7. The number of piperidine rings is 1. The summed E-state index contributed by atoms with van der Waals surface area (Å²) in [5.41, 5.74) is 1.20. The fourth-order valence-electron chi connectivity index (χ4n) is 2.94. The lowest BCUT2D eigenvalue weighted by atomic mass is 9.94. The second kappa shape index (κ2) is 6.87. The van der Waals surface area contributed by atoms with Gasteiger partial charge in [-0.25, -0.2) is 4.39 Å². The molecule has 0 saturated carbocycles. The Bertz CT molecular complexity index is 688. The number of carbonyl (C=O) groups excluding carboxylic acids is 1. The molecule has 122 valence electrons. The Labute approximate surface area is 133 Å². The minimum absolute atomic E-state index is 0.0446. The summed E-state index contributed by atoms with van der Waals surface area (Å²) in [6.45, 7) is 1.72. The normalized spacial score (nSPS) is 18.2. The first kappa shape index (κ1) is 15.6. The third-order valence-corrected chi connectivity index (χ3v) is 4.07. The molecule has 1 amide bonds. The molecule has 0 aromatic carbocycles. The van der Waals surface area contributed by atoms with Gasteiger partial charge in [0.05, 0.1) is 30.6 Å². The summed E-state index contributed by atoms with van der Waals surface area (Å²) in [7, 11) is 0. The molecular weight excluding hydrogens is 299 g/mol. The van der Waals surface area contributed by atoms with Gasteiger partial charge in [0, 0.05) is 31.4 Å². The highest BCUT2D eigenvalue weighted by Crippen LogP contribution is 2.26. The molecule has 3 rings (SSSR count). The SMILES string of the molecule is O=C(c1cncc(F)c1)N1CCC[C@H](c2ccn(CCO)n2)C1. The fraction of sp³-hybridized carbons (Fsp3) is 0.438. The van der Waals surface area contributed by atoms with Crippen LogP contribution in [0, 0.1) is 5.82 Å². The van der Waals surface area contributed by atoms with Gasteiger partial charge in [-0.2, -0.15) is 5.10 Å². The van der Waals surface area contributed by atoms with Crippen molar-refractivity contribution in [3.63, 3.8) is 0 Å². The Morgan fingerprint density at radius 3 is 3.09 bits per heavy atom. The Kier molecular flexibility index (Phi) is 4.66. The molecule has 7 heteroatoms. The molecule has 1 fully saturated rings. The largest absolute Gasteiger partial charge is 0.394 e. The minimum atomic E-state index is -0.507. The van der Waals surface area contributed by atoms with Crippen LogP contribution in [0.5, 0.6) is 0 Å². The highest BCUT2D eigenvalue weighted by atomic mass is 19.1. The van der Waals surface area contributed by atoms with E-state index in [-0.39, 0.29) is 24.0 Å². The first-order valence-corrected chi connectivity index (χ1v) is 7.71. The zero-order valence-electron chi connectivity index (χ0n) is 12.7. The van der Waals surface area contributed by atoms with Crippen molar-refractivity contribution in [3.05, 3.63) is 47.8 Å². The third kappa shape index (κ3) is 3.56. The highest BCUT2D eigenvalue weighted by Gasteiger charge is 2.27. The Hall–Kier alpha value is -2.28. The molecule has 0 bridgehead atoms. The number of aromatic nitrogens is 3. The number of pyridine rings is 1. The summed E-state index contributed by atoms with van der Waals surface area (Å²) < 4.78 is 14.9. The van der Waals surface area contributed by atoms with Crippen molar-refractivity contribution in [2.75, 3.05) is 19.7 Å². The predicted molar refractivity (Wildman–Crippen MR) is 81.4 cm³/mol. The number of aliphatic hydroxyl groups is 1. The van der Waals surface area contributed by atoms with E-state index in [0.29, 0.717) is 19.6 Å². The van der Waals surface area contributed by atoms with Gasteiger partial charge >= 0.3 is 0 Å². The molecule has 2 aromatic heterocycles. The van der Waals surface area contributed by atoms with E-state index in [2.05, 4.69) is 10.1 Å². The van der Waals surface area contributed by atoms with Crippen LogP contribution in [0.15, 0.2) is 30.7 Å². The Morgan fingerprint density at radius 2 is 2.30 bits per heavy atom. The van der Waals surface area contributed by atoms with E-state index < -0.39 is 5.82 Å². The van der Waals surface area contributed by atoms with Crippen molar-refractivity contribution in [2.24, 2.45) is 0 Å². The van der Waals surface area contributed by atoms with Crippen LogP contribution >= 0.6 is 0 Å². The standard InChI is InChI=1S/C16H19FN4O2/c17-14-8-13(9-18-10-14)16(23)20-4-1-2-12(11-20)15-3-5-21(19-15)6-7-22/h3,5,8-10,12,22H,1-2,4,6-7,11H2/t12-/m0/s1. The van der Waals surface area contributed by atoms with Crippen LogP contribution in [0.3, 0.4) is 0 Å². The third-order valence-electron chi connectivity index (χ3n) is 4.07. The number of halogens is 1. The van der Waals surface area contributed by atoms with Crippen LogP contribution in [0.2, 0.25) is 0 Å². The second-order valence-electron chi connectivity index (χ2n) is 5.71. The van der Waals surface area contributed by atoms with E-state index in [1.54, 1.807) is 9.58 Å². The van der Waals surface area contributed by atoms with Crippen LogP contribution in [0.4, 0.5) is 4.39 Å². The quantitative estimate of drug-likeness (QED) is 0.926. The monoisotopic (exact) mass is 318 g/mol. The van der Waals surface area contributed by atoms with E-state index in [9.17, 15) is 9.18 Å². The number of aliphatic hydroxyl groups excluding tert-OH is 1. The molecule has 23 heavy (non-hydrogen) atoms. The lowest BCUT2D eigenvalue weighted by Crippen LogP contribution is -2.39. The van der Waals surface area contributed by atoms with Gasteiger partial charge < -0.3 is 10.0 Å². The summed E-state index contributed by atoms with van der Waals surface area (Å²) in [6, 6.07) is 3.15. The molecule has 0 radical (unpaired) electrons. The van der Waals surface area contributed by atoms with Crippen LogP contribution < -0.4 is 0 Å². The maximum atomic E-state index is 13.2. The first-order valence-electron chi connectivity index (χ1n) is 7.71. The average Bonchev–Trinajstić information content (AvgIpc) is 3.03. The number of hydrogen-bond acceptors (Lipinski definition) is 4. The van der Waals surface area contributed by atoms with E-state index >= 15 is 0 Å². The molecule has 1 N–H and O–H groups in total. The van der Waals surface area contributed by atoms with Gasteiger partial charge in [0.1, 0.15) is 5.82 Å². The number of likely N-dealkylation sites (tertiary alicyclic amines) is 1. The van der Waals surface area contributed by atoms with Crippen molar-refractivity contribution < 1.29 is 14.3 Å². The fourth-order valence-corrected chi connectivity index (χ4v) is 2.94. The van der Waals surface area contributed by atoms with Gasteiger partial charge in [-0.3, -0.25) is 14.5 Å². The summed E-state index contributed by atoms with van der Waals surface area (Å²) in [6.07, 6.45) is 6.16. The maximum Gasteiger partial charge on any atom is 0.255 e. The van der Waals surface area contributed by atoms with Crippen LogP contribution in [0.25, 0.3) is 0 Å². The number of carbonyl (C=O) groups is 1. The van der Waals surface area contributed by atoms with Gasteiger partial charge in [0.15, 0.2) is 0 Å². The average molecular weight is 318 g/mol. The van der Waals surface area contributed by atoms with Crippen molar-refractivity contribution in [3.8, 4) is 0 Å². The Morgan fingerprint density at radius 1 is 1.43 bits per heavy atom. The van der Waals surface area contributed by atoms with E-state index in [4.69, 9.17) is 5.11 Å². The molecule has 0 unspecified atom stereocenters. The van der Waals surface area contributed by atoms with Gasteiger partial charge in [-0.1, -0.05) is 0 Å². The lowest BCUT2D eigenvalue weighted by Gasteiger charge is -2.32. The van der Waals surface area contributed by atoms with Crippen molar-refractivity contribution in [1.82, 2.24) is 19.7 Å². The smallest absolute Gasteiger partial charge is 0.255 e. The summed E-state index contributed by atoms with van der Waals surface area (Å²) in [5, 5.41) is 13.4. The lowest BCUT2D eigenvalue weighted by molar-refractivity contribution is 0.0704. The van der Waals surface area contributed by atoms with Gasteiger partial charge in [0.25, 0.3) is 5.91 Å². The van der Waals surface area contributed by atoms with Crippen LogP contribution in [-0.2, 0) is 6.54 Å². The molecule has 0 spiro atoms. The topological polar surface area (TPSA) is 71.2 Å². The maximum absolute atomic E-state index is 13.2. The number of amides is 1. The van der Waals surface area contributed by atoms with E-state index in [1.807, 2.05) is 12.3 Å². The first-order chi connectivity index (χ1) is 11.2. The highest BCUT2D eigenvalue weighted by molar-refractivity contribution is 5.94. The van der Waals surface area contributed by atoms with Crippen LogP contribution in [-0.4, -0.2) is 50.4 Å². The number of nitrogens with zero attached hydrogens (tertiary/aromatic N) is 4. The molecule has 1 aliphatic heterocycles. The molecule has 6 nitrogen and oxygen atoms in total. The zero-order chi connectivity index (χ0) is 16.2. The summed E-state index contributed by atoms with van der Waals surface area (Å²) >= 11 is 0. The van der Waals surface area contributed by atoms with Crippen molar-refractivity contribution >= 4 is 5.91 Å². The Balaban J connectivity index is 1.71. The van der Waals surface area contributed by atoms with Gasteiger partial charge in [-0.05, 0) is 25.0 Å². The predicted octanol–water partition coefficient (Wildman–Crippen LogP) is 1.43. The molecule has 1 saturated heterocycles. The molecule has 2 aromatic rings.